The number of carboxylic acids is 1. The molecule has 0 saturated heterocycles. The van der Waals surface area contributed by atoms with Crippen LogP contribution in [-0.2, 0) is 9.59 Å². The van der Waals surface area contributed by atoms with Crippen LogP contribution in [0, 0.1) is 16.0 Å². The molecule has 1 aromatic rings. The average molecular weight is 293 g/mol. The van der Waals surface area contributed by atoms with E-state index in [0.717, 1.165) is 5.01 Å². The van der Waals surface area contributed by atoms with Gasteiger partial charge in [0.15, 0.2) is 5.71 Å². The van der Waals surface area contributed by atoms with Gasteiger partial charge < -0.3 is 10.2 Å². The fraction of sp³-hybridized carbons (Fsp3) is 0.250. The lowest BCUT2D eigenvalue weighted by Crippen LogP contribution is -2.30. The standard InChI is InChI=1S/C12H11N3O6/c16-6-5-9-10(12(18)19)13-14(11(9)17)7-1-3-8(4-2-7)15(20)21/h1-4,9,16H,5-6H2,(H,18,19)/t9-/m1/s1. The van der Waals surface area contributed by atoms with Crippen molar-refractivity contribution < 1.29 is 24.7 Å². The third kappa shape index (κ3) is 2.72. The summed E-state index contributed by atoms with van der Waals surface area (Å²) in [5.74, 6) is -2.95. The molecule has 9 nitrogen and oxygen atoms in total. The number of hydrogen-bond acceptors (Lipinski definition) is 6. The van der Waals surface area contributed by atoms with E-state index in [1.165, 1.54) is 24.3 Å². The fourth-order valence-electron chi connectivity index (χ4n) is 1.97. The number of hydrogen-bond donors (Lipinski definition) is 2. The molecule has 0 bridgehead atoms. The lowest BCUT2D eigenvalue weighted by Gasteiger charge is -2.13. The van der Waals surface area contributed by atoms with Crippen molar-refractivity contribution in [3.63, 3.8) is 0 Å². The van der Waals surface area contributed by atoms with Crippen LogP contribution in [0.2, 0.25) is 0 Å². The maximum atomic E-state index is 12.1. The molecule has 0 fully saturated rings. The monoisotopic (exact) mass is 293 g/mol. The Morgan fingerprint density at radius 3 is 2.48 bits per heavy atom. The highest BCUT2D eigenvalue weighted by Gasteiger charge is 2.39. The number of carboxylic acid groups (broad SMARTS) is 1. The van der Waals surface area contributed by atoms with Crippen LogP contribution in [0.1, 0.15) is 6.42 Å². The van der Waals surface area contributed by atoms with Crippen LogP contribution >= 0.6 is 0 Å². The number of non-ortho nitro benzene ring substituents is 1. The van der Waals surface area contributed by atoms with Crippen LogP contribution in [-0.4, -0.2) is 39.3 Å². The summed E-state index contributed by atoms with van der Waals surface area (Å²) in [5, 5.41) is 33.1. The van der Waals surface area contributed by atoms with Gasteiger partial charge in [-0.25, -0.2) is 4.79 Å². The summed E-state index contributed by atoms with van der Waals surface area (Å²) in [7, 11) is 0. The Morgan fingerprint density at radius 2 is 2.00 bits per heavy atom. The topological polar surface area (TPSA) is 133 Å². The number of hydrazone groups is 1. The molecule has 0 saturated carbocycles. The highest BCUT2D eigenvalue weighted by atomic mass is 16.6. The summed E-state index contributed by atoms with van der Waals surface area (Å²) >= 11 is 0. The van der Waals surface area contributed by atoms with Crippen molar-refractivity contribution in [2.75, 3.05) is 11.6 Å². The van der Waals surface area contributed by atoms with Gasteiger partial charge in [0.05, 0.1) is 16.5 Å². The van der Waals surface area contributed by atoms with Crippen molar-refractivity contribution in [2.24, 2.45) is 11.0 Å². The number of anilines is 1. The van der Waals surface area contributed by atoms with Gasteiger partial charge >= 0.3 is 5.97 Å². The molecule has 0 aromatic heterocycles. The summed E-state index contributed by atoms with van der Waals surface area (Å²) in [6, 6.07) is 5.00. The molecule has 0 aliphatic carbocycles. The van der Waals surface area contributed by atoms with Gasteiger partial charge in [-0.2, -0.15) is 10.1 Å². The second-order valence-electron chi connectivity index (χ2n) is 4.28. The second-order valence-corrected chi connectivity index (χ2v) is 4.28. The first-order chi connectivity index (χ1) is 9.95. The van der Waals surface area contributed by atoms with Gasteiger partial charge in [0.2, 0.25) is 0 Å². The molecule has 1 heterocycles. The smallest absolute Gasteiger partial charge is 0.352 e. The molecule has 1 aliphatic heterocycles. The zero-order valence-electron chi connectivity index (χ0n) is 10.7. The minimum atomic E-state index is -1.34. The molecule has 110 valence electrons. The van der Waals surface area contributed by atoms with Gasteiger partial charge in [-0.05, 0) is 18.6 Å². The molecular formula is C12H11N3O6. The summed E-state index contributed by atoms with van der Waals surface area (Å²) in [5.41, 5.74) is -0.281. The number of carbonyl (C=O) groups excluding carboxylic acids is 1. The Kier molecular flexibility index (Phi) is 3.94. The fourth-order valence-corrected chi connectivity index (χ4v) is 1.97. The number of aliphatic hydroxyl groups is 1. The minimum absolute atomic E-state index is 0.0482. The molecule has 1 aliphatic rings. The predicted octanol–water partition coefficient (Wildman–Crippen LogP) is 0.381. The number of nitro benzene ring substituents is 1. The molecule has 21 heavy (non-hydrogen) atoms. The largest absolute Gasteiger partial charge is 0.477 e. The van der Waals surface area contributed by atoms with Crippen LogP contribution in [0.4, 0.5) is 11.4 Å². The predicted molar refractivity (Wildman–Crippen MR) is 70.8 cm³/mol. The number of carbonyl (C=O) groups is 2. The van der Waals surface area contributed by atoms with E-state index in [0.29, 0.717) is 0 Å². The third-order valence-corrected chi connectivity index (χ3v) is 2.99. The van der Waals surface area contributed by atoms with Crippen LogP contribution in [0.15, 0.2) is 29.4 Å². The van der Waals surface area contributed by atoms with Crippen molar-refractivity contribution in [2.45, 2.75) is 6.42 Å². The Hall–Kier alpha value is -2.81. The van der Waals surface area contributed by atoms with Crippen molar-refractivity contribution in [1.29, 1.82) is 0 Å². The lowest BCUT2D eigenvalue weighted by atomic mass is 10.00. The number of aliphatic hydroxyl groups excluding tert-OH is 1. The molecule has 0 spiro atoms. The van der Waals surface area contributed by atoms with Gasteiger partial charge in [0, 0.05) is 18.7 Å². The Labute approximate surface area is 118 Å². The van der Waals surface area contributed by atoms with Gasteiger partial charge in [0.1, 0.15) is 0 Å². The maximum absolute atomic E-state index is 12.1. The lowest BCUT2D eigenvalue weighted by molar-refractivity contribution is -0.384. The number of nitro groups is 1. The van der Waals surface area contributed by atoms with E-state index in [2.05, 4.69) is 5.10 Å². The molecule has 0 unspecified atom stereocenters. The van der Waals surface area contributed by atoms with Crippen molar-refractivity contribution in [3.05, 3.63) is 34.4 Å². The summed E-state index contributed by atoms with van der Waals surface area (Å²) in [6.07, 6.45) is -0.0482. The maximum Gasteiger partial charge on any atom is 0.352 e. The van der Waals surface area contributed by atoms with Crippen LogP contribution in [0.3, 0.4) is 0 Å². The first-order valence-corrected chi connectivity index (χ1v) is 5.96. The molecule has 9 heteroatoms. The quantitative estimate of drug-likeness (QED) is 0.595. The molecule has 2 N–H and O–H groups in total. The highest BCUT2D eigenvalue weighted by Crippen LogP contribution is 2.27. The van der Waals surface area contributed by atoms with Crippen molar-refractivity contribution in [3.8, 4) is 0 Å². The molecule has 2 rings (SSSR count). The Balaban J connectivity index is 2.33. The zero-order valence-corrected chi connectivity index (χ0v) is 10.7. The van der Waals surface area contributed by atoms with E-state index < -0.39 is 22.7 Å². The van der Waals surface area contributed by atoms with Gasteiger partial charge in [0.25, 0.3) is 11.6 Å². The van der Waals surface area contributed by atoms with Gasteiger partial charge in [-0.1, -0.05) is 0 Å². The Morgan fingerprint density at radius 1 is 1.38 bits per heavy atom. The summed E-state index contributed by atoms with van der Waals surface area (Å²) < 4.78 is 0. The zero-order chi connectivity index (χ0) is 15.6. The van der Waals surface area contributed by atoms with Crippen molar-refractivity contribution in [1.82, 2.24) is 0 Å². The Bertz CT molecular complexity index is 624. The minimum Gasteiger partial charge on any atom is -0.477 e. The molecular weight excluding hydrogens is 282 g/mol. The van der Waals surface area contributed by atoms with Crippen LogP contribution < -0.4 is 5.01 Å². The molecule has 1 aromatic carbocycles. The van der Waals surface area contributed by atoms with Gasteiger partial charge in [-0.15, -0.1) is 0 Å². The van der Waals surface area contributed by atoms with Crippen molar-refractivity contribution >= 4 is 29.0 Å². The SMILES string of the molecule is O=C(O)C1=NN(c2ccc([N+](=O)[O-])cc2)C(=O)[C@@H]1CCO. The highest BCUT2D eigenvalue weighted by molar-refractivity contribution is 6.43. The number of rotatable bonds is 5. The van der Waals surface area contributed by atoms with E-state index >= 15 is 0 Å². The first-order valence-electron chi connectivity index (χ1n) is 5.96. The first kappa shape index (κ1) is 14.6. The third-order valence-electron chi connectivity index (χ3n) is 2.99. The molecule has 1 amide bonds. The summed E-state index contributed by atoms with van der Waals surface area (Å²) in [4.78, 5) is 33.2. The number of aliphatic carboxylic acids is 1. The average Bonchev–Trinajstić information content (AvgIpc) is 2.77. The number of nitrogens with zero attached hydrogens (tertiary/aromatic N) is 3. The molecule has 1 atom stereocenters. The van der Waals surface area contributed by atoms with Crippen LogP contribution in [0.5, 0.6) is 0 Å². The summed E-state index contributed by atoms with van der Waals surface area (Å²) in [6.45, 7) is -0.350. The number of benzene rings is 1. The second kappa shape index (κ2) is 5.67. The van der Waals surface area contributed by atoms with Crippen LogP contribution in [0.25, 0.3) is 0 Å². The van der Waals surface area contributed by atoms with Gasteiger partial charge in [-0.3, -0.25) is 14.9 Å². The normalized spacial score (nSPS) is 17.8. The number of amides is 1. The van der Waals surface area contributed by atoms with E-state index in [1.807, 2.05) is 0 Å². The van der Waals surface area contributed by atoms with E-state index in [1.54, 1.807) is 0 Å². The van der Waals surface area contributed by atoms with E-state index in [4.69, 9.17) is 10.2 Å². The van der Waals surface area contributed by atoms with E-state index in [9.17, 15) is 19.7 Å². The van der Waals surface area contributed by atoms with E-state index in [-0.39, 0.29) is 30.1 Å². The molecule has 0 radical (unpaired) electrons.